The number of amides is 2. The summed E-state index contributed by atoms with van der Waals surface area (Å²) < 4.78 is 0. The van der Waals surface area contributed by atoms with Crippen molar-refractivity contribution in [2.75, 3.05) is 5.32 Å². The van der Waals surface area contributed by atoms with Gasteiger partial charge in [0.05, 0.1) is 5.69 Å². The quantitative estimate of drug-likeness (QED) is 0.267. The molecule has 0 heterocycles. The molecule has 182 valence electrons. The highest BCUT2D eigenvalue weighted by Gasteiger charge is 2.24. The van der Waals surface area contributed by atoms with Crippen LogP contribution in [0.4, 0.5) is 5.69 Å². The Morgan fingerprint density at radius 3 is 2.33 bits per heavy atom. The number of hydrogen-bond acceptors (Lipinski definition) is 4. The van der Waals surface area contributed by atoms with Gasteiger partial charge in [-0.05, 0) is 54.4 Å². The molecule has 0 aliphatic carbocycles. The van der Waals surface area contributed by atoms with E-state index >= 15 is 0 Å². The van der Waals surface area contributed by atoms with E-state index in [1.165, 1.54) is 11.8 Å². The van der Waals surface area contributed by atoms with E-state index in [0.717, 1.165) is 26.1 Å². The van der Waals surface area contributed by atoms with E-state index in [1.807, 2.05) is 79.7 Å². The molecule has 0 spiro atoms. The van der Waals surface area contributed by atoms with E-state index in [-0.39, 0.29) is 12.8 Å². The Balaban J connectivity index is 1.54. The Hall–Kier alpha value is -4.10. The van der Waals surface area contributed by atoms with Crippen molar-refractivity contribution in [3.05, 3.63) is 102 Å². The van der Waals surface area contributed by atoms with Crippen LogP contribution in [0.1, 0.15) is 28.8 Å². The standard InChI is InChI=1S/C29H26N2O4S/c1-19-13-15-21(16-14-19)36-26-12-5-4-11-24(26)30-29(35)25(17-18-27(32)33)31-28(34)23-10-6-8-20-7-2-3-9-22(20)23/h2-16,25H,17-18H2,1H3,(H,30,35)(H,31,34)(H,32,33)/t25-/m1/s1. The lowest BCUT2D eigenvalue weighted by molar-refractivity contribution is -0.137. The average molecular weight is 499 g/mol. The first-order valence-electron chi connectivity index (χ1n) is 11.6. The highest BCUT2D eigenvalue weighted by Crippen LogP contribution is 2.33. The lowest BCUT2D eigenvalue weighted by Gasteiger charge is -2.19. The molecule has 0 radical (unpaired) electrons. The van der Waals surface area contributed by atoms with Crippen molar-refractivity contribution in [2.24, 2.45) is 0 Å². The number of carboxylic acid groups (broad SMARTS) is 1. The third-order valence-electron chi connectivity index (χ3n) is 5.70. The van der Waals surface area contributed by atoms with E-state index in [4.69, 9.17) is 0 Å². The number of aryl methyl sites for hydroxylation is 1. The molecule has 36 heavy (non-hydrogen) atoms. The monoisotopic (exact) mass is 498 g/mol. The van der Waals surface area contributed by atoms with Crippen LogP contribution in [0.25, 0.3) is 10.8 Å². The van der Waals surface area contributed by atoms with Gasteiger partial charge < -0.3 is 15.7 Å². The predicted molar refractivity (Wildman–Crippen MR) is 142 cm³/mol. The third-order valence-corrected chi connectivity index (χ3v) is 6.78. The molecular weight excluding hydrogens is 472 g/mol. The lowest BCUT2D eigenvalue weighted by atomic mass is 10.0. The topological polar surface area (TPSA) is 95.5 Å². The maximum atomic E-state index is 13.3. The number of para-hydroxylation sites is 1. The summed E-state index contributed by atoms with van der Waals surface area (Å²) in [4.78, 5) is 39.6. The summed E-state index contributed by atoms with van der Waals surface area (Å²) >= 11 is 1.51. The number of carbonyl (C=O) groups is 3. The zero-order valence-electron chi connectivity index (χ0n) is 19.7. The SMILES string of the molecule is Cc1ccc(Sc2ccccc2NC(=O)[C@@H](CCC(=O)O)NC(=O)c2cccc3ccccc23)cc1. The van der Waals surface area contributed by atoms with E-state index in [0.29, 0.717) is 11.3 Å². The Labute approximate surface area is 213 Å². The van der Waals surface area contributed by atoms with Gasteiger partial charge in [0.2, 0.25) is 5.91 Å². The zero-order chi connectivity index (χ0) is 25.5. The average Bonchev–Trinajstić information content (AvgIpc) is 2.88. The maximum Gasteiger partial charge on any atom is 0.303 e. The van der Waals surface area contributed by atoms with E-state index in [2.05, 4.69) is 10.6 Å². The molecule has 0 aliphatic heterocycles. The molecule has 7 heteroatoms. The Morgan fingerprint density at radius 2 is 1.56 bits per heavy atom. The van der Waals surface area contributed by atoms with E-state index in [1.54, 1.807) is 18.2 Å². The molecule has 0 aromatic heterocycles. The summed E-state index contributed by atoms with van der Waals surface area (Å²) in [5, 5.41) is 16.5. The van der Waals surface area contributed by atoms with Crippen molar-refractivity contribution >= 4 is 46.0 Å². The molecule has 0 saturated heterocycles. The molecule has 4 aromatic carbocycles. The first-order chi connectivity index (χ1) is 17.4. The van der Waals surface area contributed by atoms with E-state index in [9.17, 15) is 19.5 Å². The molecular formula is C29H26N2O4S. The summed E-state index contributed by atoms with van der Waals surface area (Å²) in [5.74, 6) is -1.94. The highest BCUT2D eigenvalue weighted by atomic mass is 32.2. The van der Waals surface area contributed by atoms with Crippen molar-refractivity contribution in [1.82, 2.24) is 5.32 Å². The number of nitrogens with one attached hydrogen (secondary N) is 2. The summed E-state index contributed by atoms with van der Waals surface area (Å²) in [6.45, 7) is 2.02. The molecule has 0 fully saturated rings. The van der Waals surface area contributed by atoms with Crippen molar-refractivity contribution in [1.29, 1.82) is 0 Å². The van der Waals surface area contributed by atoms with Gasteiger partial charge in [0.1, 0.15) is 6.04 Å². The van der Waals surface area contributed by atoms with Gasteiger partial charge >= 0.3 is 5.97 Å². The summed E-state index contributed by atoms with van der Waals surface area (Å²) in [6.07, 6.45) is -0.293. The molecule has 6 nitrogen and oxygen atoms in total. The number of aliphatic carboxylic acids is 1. The number of benzene rings is 4. The first-order valence-corrected chi connectivity index (χ1v) is 12.4. The van der Waals surface area contributed by atoms with Gasteiger partial charge in [-0.2, -0.15) is 0 Å². The van der Waals surface area contributed by atoms with Crippen LogP contribution in [-0.4, -0.2) is 28.9 Å². The number of fused-ring (bicyclic) bond motifs is 1. The lowest BCUT2D eigenvalue weighted by Crippen LogP contribution is -2.44. The van der Waals surface area contributed by atoms with Crippen molar-refractivity contribution in [3.63, 3.8) is 0 Å². The highest BCUT2D eigenvalue weighted by molar-refractivity contribution is 7.99. The minimum atomic E-state index is -1.04. The van der Waals surface area contributed by atoms with Gasteiger partial charge in [0, 0.05) is 21.8 Å². The number of carboxylic acids is 1. The fourth-order valence-corrected chi connectivity index (χ4v) is 4.71. The number of rotatable bonds is 9. The third kappa shape index (κ3) is 6.31. The Bertz CT molecular complexity index is 1400. The van der Waals surface area contributed by atoms with Gasteiger partial charge in [-0.15, -0.1) is 0 Å². The maximum absolute atomic E-state index is 13.3. The van der Waals surface area contributed by atoms with Gasteiger partial charge in [0.25, 0.3) is 5.91 Å². The van der Waals surface area contributed by atoms with Crippen LogP contribution in [0, 0.1) is 6.92 Å². The van der Waals surface area contributed by atoms with Crippen molar-refractivity contribution in [3.8, 4) is 0 Å². The fourth-order valence-electron chi connectivity index (χ4n) is 3.81. The van der Waals surface area contributed by atoms with Crippen molar-refractivity contribution < 1.29 is 19.5 Å². The fraction of sp³-hybridized carbons (Fsp3) is 0.138. The smallest absolute Gasteiger partial charge is 0.303 e. The molecule has 4 rings (SSSR count). The van der Waals surface area contributed by atoms with Crippen LogP contribution in [0.3, 0.4) is 0 Å². The molecule has 0 aliphatic rings. The van der Waals surface area contributed by atoms with Crippen LogP contribution < -0.4 is 10.6 Å². The number of carbonyl (C=O) groups excluding carboxylic acids is 2. The molecule has 0 bridgehead atoms. The van der Waals surface area contributed by atoms with Gasteiger partial charge in [0.15, 0.2) is 0 Å². The minimum absolute atomic E-state index is 0.0368. The second-order valence-electron chi connectivity index (χ2n) is 8.39. The molecule has 0 saturated carbocycles. The molecule has 4 aromatic rings. The van der Waals surface area contributed by atoms with Gasteiger partial charge in [-0.1, -0.05) is 78.0 Å². The molecule has 1 atom stereocenters. The molecule has 3 N–H and O–H groups in total. The van der Waals surface area contributed by atoms with Crippen LogP contribution >= 0.6 is 11.8 Å². The zero-order valence-corrected chi connectivity index (χ0v) is 20.5. The summed E-state index contributed by atoms with van der Waals surface area (Å²) in [7, 11) is 0. The Morgan fingerprint density at radius 1 is 0.861 bits per heavy atom. The van der Waals surface area contributed by atoms with Gasteiger partial charge in [-0.25, -0.2) is 0 Å². The van der Waals surface area contributed by atoms with Crippen LogP contribution in [0.5, 0.6) is 0 Å². The first kappa shape index (κ1) is 25.0. The summed E-state index contributed by atoms with van der Waals surface area (Å²) in [5.41, 5.74) is 2.17. The minimum Gasteiger partial charge on any atom is -0.481 e. The van der Waals surface area contributed by atoms with Crippen LogP contribution in [0.15, 0.2) is 101 Å². The largest absolute Gasteiger partial charge is 0.481 e. The van der Waals surface area contributed by atoms with Crippen LogP contribution in [0.2, 0.25) is 0 Å². The van der Waals surface area contributed by atoms with Crippen LogP contribution in [-0.2, 0) is 9.59 Å². The predicted octanol–water partition coefficient (Wildman–Crippen LogP) is 5.90. The van der Waals surface area contributed by atoms with E-state index < -0.39 is 23.8 Å². The molecule has 2 amide bonds. The number of hydrogen-bond donors (Lipinski definition) is 3. The normalized spacial score (nSPS) is 11.6. The van der Waals surface area contributed by atoms with Crippen molar-refractivity contribution in [2.45, 2.75) is 35.6 Å². The second-order valence-corrected chi connectivity index (χ2v) is 9.50. The Kier molecular flexibility index (Phi) is 8.02. The summed E-state index contributed by atoms with van der Waals surface area (Å²) in [6, 6.07) is 27.3. The van der Waals surface area contributed by atoms with Gasteiger partial charge in [-0.3, -0.25) is 14.4 Å². The second kappa shape index (κ2) is 11.6. The number of anilines is 1. The molecule has 0 unspecified atom stereocenters.